The molecule has 0 spiro atoms. The molecule has 8 nitrogen and oxygen atoms in total. The molecule has 0 aliphatic rings. The number of rotatable bonds is 7. The summed E-state index contributed by atoms with van der Waals surface area (Å²) in [6, 6.07) is 6.81. The molecule has 0 bridgehead atoms. The molecule has 0 saturated heterocycles. The number of H-pyrrole nitrogens is 1. The van der Waals surface area contributed by atoms with Crippen LogP contribution in [0.4, 0.5) is 0 Å². The molecule has 2 aromatic heterocycles. The fourth-order valence-electron chi connectivity index (χ4n) is 2.61. The molecule has 1 aromatic carbocycles. The van der Waals surface area contributed by atoms with Crippen LogP contribution in [0.2, 0.25) is 5.02 Å². The molecule has 144 valence electrons. The van der Waals surface area contributed by atoms with Gasteiger partial charge in [-0.25, -0.2) is 9.78 Å². The highest BCUT2D eigenvalue weighted by Crippen LogP contribution is 2.22. The monoisotopic (exact) mass is 410 g/mol. The van der Waals surface area contributed by atoms with Crippen molar-refractivity contribution >= 4 is 34.5 Å². The Hall–Kier alpha value is -2.23. The van der Waals surface area contributed by atoms with E-state index in [9.17, 15) is 14.7 Å². The summed E-state index contributed by atoms with van der Waals surface area (Å²) in [6.45, 7) is 2.09. The Morgan fingerprint density at radius 1 is 1.33 bits per heavy atom. The van der Waals surface area contributed by atoms with E-state index in [2.05, 4.69) is 9.97 Å². The zero-order valence-corrected chi connectivity index (χ0v) is 16.4. The molecule has 0 amide bonds. The highest BCUT2D eigenvalue weighted by Gasteiger charge is 2.19. The second-order valence-corrected chi connectivity index (χ2v) is 7.51. The van der Waals surface area contributed by atoms with E-state index < -0.39 is 17.4 Å². The van der Waals surface area contributed by atoms with Crippen molar-refractivity contribution < 1.29 is 9.84 Å². The predicted molar refractivity (Wildman–Crippen MR) is 105 cm³/mol. The first-order valence-corrected chi connectivity index (χ1v) is 9.65. The molecular formula is C17H19ClN4O4S. The Kier molecular flexibility index (Phi) is 5.93. The van der Waals surface area contributed by atoms with Crippen molar-refractivity contribution in [2.24, 2.45) is 7.05 Å². The molecule has 0 saturated carbocycles. The van der Waals surface area contributed by atoms with Crippen LogP contribution in [0.25, 0.3) is 11.2 Å². The Labute approximate surface area is 163 Å². The molecule has 3 rings (SSSR count). The molecule has 27 heavy (non-hydrogen) atoms. The third-order valence-electron chi connectivity index (χ3n) is 3.89. The van der Waals surface area contributed by atoms with E-state index in [4.69, 9.17) is 16.3 Å². The maximum atomic E-state index is 12.3. The maximum Gasteiger partial charge on any atom is 0.329 e. The maximum absolute atomic E-state index is 12.3. The molecule has 0 aliphatic carbocycles. The smallest absolute Gasteiger partial charge is 0.329 e. The van der Waals surface area contributed by atoms with Gasteiger partial charge in [0.1, 0.15) is 18.5 Å². The average molecular weight is 411 g/mol. The zero-order chi connectivity index (χ0) is 19.6. The number of aliphatic hydroxyl groups is 1. The lowest BCUT2D eigenvalue weighted by atomic mass is 10.3. The minimum absolute atomic E-state index is 0.0290. The second kappa shape index (κ2) is 8.20. The highest BCUT2D eigenvalue weighted by atomic mass is 35.5. The minimum atomic E-state index is -0.883. The quantitative estimate of drug-likeness (QED) is 0.574. The number of aliphatic hydroxyl groups excluding tert-OH is 1. The molecule has 10 heteroatoms. The van der Waals surface area contributed by atoms with Gasteiger partial charge in [0.05, 0.1) is 6.54 Å². The van der Waals surface area contributed by atoms with Gasteiger partial charge in [-0.3, -0.25) is 14.3 Å². The molecule has 2 heterocycles. The predicted octanol–water partition coefficient (Wildman–Crippen LogP) is 1.63. The molecule has 0 fully saturated rings. The van der Waals surface area contributed by atoms with Crippen LogP contribution < -0.4 is 16.0 Å². The lowest BCUT2D eigenvalue weighted by molar-refractivity contribution is 0.0914. The van der Waals surface area contributed by atoms with Crippen LogP contribution in [0.5, 0.6) is 5.75 Å². The Balaban J connectivity index is 1.87. The van der Waals surface area contributed by atoms with E-state index in [1.807, 2.05) is 6.92 Å². The highest BCUT2D eigenvalue weighted by molar-refractivity contribution is 7.99. The van der Waals surface area contributed by atoms with Crippen molar-refractivity contribution in [3.8, 4) is 5.75 Å². The lowest BCUT2D eigenvalue weighted by Gasteiger charge is -2.15. The van der Waals surface area contributed by atoms with Crippen molar-refractivity contribution in [1.29, 1.82) is 0 Å². The summed E-state index contributed by atoms with van der Waals surface area (Å²) < 4.78 is 8.47. The molecule has 0 unspecified atom stereocenters. The summed E-state index contributed by atoms with van der Waals surface area (Å²) in [6.07, 6.45) is -0.883. The van der Waals surface area contributed by atoms with Crippen molar-refractivity contribution in [3.05, 3.63) is 50.1 Å². The second-order valence-electron chi connectivity index (χ2n) is 5.85. The van der Waals surface area contributed by atoms with Crippen molar-refractivity contribution in [1.82, 2.24) is 19.1 Å². The fraction of sp³-hybridized carbons (Fsp3) is 0.353. The van der Waals surface area contributed by atoms with Crippen LogP contribution in [0.3, 0.4) is 0 Å². The number of fused-ring (bicyclic) bond motifs is 1. The molecule has 1 atom stereocenters. The SMILES string of the molecule is CCSc1nc2c(c(=O)[nH]c(=O)n2C)n1C[C@H](O)COc1ccc(Cl)cc1. The summed E-state index contributed by atoms with van der Waals surface area (Å²) in [5, 5.41) is 11.6. The number of imidazole rings is 1. The normalized spacial score (nSPS) is 12.4. The minimum Gasteiger partial charge on any atom is -0.491 e. The van der Waals surface area contributed by atoms with Crippen molar-refractivity contribution in [3.63, 3.8) is 0 Å². The topological polar surface area (TPSA) is 102 Å². The fourth-order valence-corrected chi connectivity index (χ4v) is 3.47. The van der Waals surface area contributed by atoms with Crippen LogP contribution in [0.1, 0.15) is 6.92 Å². The number of nitrogens with one attached hydrogen (secondary N) is 1. The van der Waals surface area contributed by atoms with Crippen molar-refractivity contribution in [2.75, 3.05) is 12.4 Å². The molecule has 0 aliphatic heterocycles. The number of hydrogen-bond donors (Lipinski definition) is 2. The van der Waals surface area contributed by atoms with E-state index in [-0.39, 0.29) is 24.3 Å². The van der Waals surface area contributed by atoms with Gasteiger partial charge in [-0.2, -0.15) is 0 Å². The summed E-state index contributed by atoms with van der Waals surface area (Å²) >= 11 is 7.26. The third-order valence-corrected chi connectivity index (χ3v) is 5.01. The number of aromatic amines is 1. The van der Waals surface area contributed by atoms with Gasteiger partial charge >= 0.3 is 5.69 Å². The summed E-state index contributed by atoms with van der Waals surface area (Å²) in [4.78, 5) is 30.8. The van der Waals surface area contributed by atoms with E-state index in [0.717, 1.165) is 5.75 Å². The Morgan fingerprint density at radius 3 is 2.70 bits per heavy atom. The first kappa shape index (κ1) is 19.5. The third kappa shape index (κ3) is 4.20. The molecular weight excluding hydrogens is 392 g/mol. The number of nitrogens with zero attached hydrogens (tertiary/aromatic N) is 3. The first-order valence-electron chi connectivity index (χ1n) is 8.29. The van der Waals surface area contributed by atoms with E-state index in [1.165, 1.54) is 16.3 Å². The van der Waals surface area contributed by atoms with Crippen LogP contribution in [0.15, 0.2) is 39.0 Å². The van der Waals surface area contributed by atoms with Gasteiger partial charge < -0.3 is 14.4 Å². The van der Waals surface area contributed by atoms with Gasteiger partial charge in [0.25, 0.3) is 5.56 Å². The van der Waals surface area contributed by atoms with Gasteiger partial charge in [-0.1, -0.05) is 30.3 Å². The van der Waals surface area contributed by atoms with Crippen LogP contribution in [-0.2, 0) is 13.6 Å². The number of hydrogen-bond acceptors (Lipinski definition) is 6. The van der Waals surface area contributed by atoms with E-state index >= 15 is 0 Å². The van der Waals surface area contributed by atoms with Crippen LogP contribution in [-0.4, -0.2) is 42.7 Å². The van der Waals surface area contributed by atoms with Crippen LogP contribution >= 0.6 is 23.4 Å². The molecule has 0 radical (unpaired) electrons. The zero-order valence-electron chi connectivity index (χ0n) is 14.8. The van der Waals surface area contributed by atoms with E-state index in [0.29, 0.717) is 15.9 Å². The summed E-state index contributed by atoms with van der Waals surface area (Å²) in [5.74, 6) is 1.31. The van der Waals surface area contributed by atoms with Crippen LogP contribution in [0, 0.1) is 0 Å². The summed E-state index contributed by atoms with van der Waals surface area (Å²) in [7, 11) is 1.54. The first-order chi connectivity index (χ1) is 12.9. The number of ether oxygens (including phenoxy) is 1. The van der Waals surface area contributed by atoms with Crippen molar-refractivity contribution in [2.45, 2.75) is 24.7 Å². The number of aromatic nitrogens is 4. The number of aryl methyl sites for hydroxylation is 1. The van der Waals surface area contributed by atoms with Gasteiger partial charge in [0.2, 0.25) is 0 Å². The number of halogens is 1. The number of benzene rings is 1. The number of thioether (sulfide) groups is 1. The molecule has 2 N–H and O–H groups in total. The lowest BCUT2D eigenvalue weighted by Crippen LogP contribution is -2.30. The average Bonchev–Trinajstić information content (AvgIpc) is 2.98. The largest absolute Gasteiger partial charge is 0.491 e. The molecule has 3 aromatic rings. The Bertz CT molecular complexity index is 1060. The van der Waals surface area contributed by atoms with Gasteiger partial charge in [0.15, 0.2) is 16.3 Å². The van der Waals surface area contributed by atoms with E-state index in [1.54, 1.807) is 35.9 Å². The Morgan fingerprint density at radius 2 is 2.04 bits per heavy atom. The van der Waals surface area contributed by atoms with Gasteiger partial charge in [-0.15, -0.1) is 0 Å². The summed E-state index contributed by atoms with van der Waals surface area (Å²) in [5.41, 5.74) is -0.532. The van der Waals surface area contributed by atoms with Gasteiger partial charge in [0, 0.05) is 12.1 Å². The standard InChI is InChI=1S/C17H19ClN4O4S/c1-3-27-17-19-14-13(15(24)20-16(25)21(14)2)22(17)8-11(23)9-26-12-6-4-10(18)5-7-12/h4-7,11,23H,3,8-9H2,1-2H3,(H,20,24,25)/t11-/m0/s1. The van der Waals surface area contributed by atoms with Gasteiger partial charge in [-0.05, 0) is 30.0 Å².